The van der Waals surface area contributed by atoms with E-state index in [4.69, 9.17) is 0 Å². The van der Waals surface area contributed by atoms with E-state index >= 15 is 0 Å². The highest BCUT2D eigenvalue weighted by atomic mass is 16.2. The predicted molar refractivity (Wildman–Crippen MR) is 95.9 cm³/mol. The summed E-state index contributed by atoms with van der Waals surface area (Å²) >= 11 is 0. The van der Waals surface area contributed by atoms with Crippen molar-refractivity contribution in [3.8, 4) is 0 Å². The van der Waals surface area contributed by atoms with E-state index in [1.165, 1.54) is 11.6 Å². The summed E-state index contributed by atoms with van der Waals surface area (Å²) in [7, 11) is 0. The van der Waals surface area contributed by atoms with Gasteiger partial charge in [0.2, 0.25) is 5.91 Å². The lowest BCUT2D eigenvalue weighted by Gasteiger charge is -2.40. The quantitative estimate of drug-likeness (QED) is 0.815. The first-order chi connectivity index (χ1) is 11.3. The smallest absolute Gasteiger partial charge is 0.251 e. The molecule has 1 saturated heterocycles. The van der Waals surface area contributed by atoms with Crippen LogP contribution in [-0.4, -0.2) is 33.9 Å². The lowest BCUT2D eigenvalue weighted by Crippen LogP contribution is -2.46. The fraction of sp³-hybridized carbons (Fsp3) is 0.632. The molecule has 0 bridgehead atoms. The number of H-pyrrole nitrogens is 1. The molecule has 1 atom stereocenters. The average molecular weight is 331 g/mol. The van der Waals surface area contributed by atoms with Crippen LogP contribution in [0.5, 0.6) is 0 Å². The number of allylic oxidation sites excluding steroid dienone is 2. The van der Waals surface area contributed by atoms with Crippen LogP contribution in [0.15, 0.2) is 22.5 Å². The Morgan fingerprint density at radius 1 is 1.42 bits per heavy atom. The van der Waals surface area contributed by atoms with Gasteiger partial charge in [-0.25, -0.2) is 4.98 Å². The van der Waals surface area contributed by atoms with Crippen molar-refractivity contribution in [2.24, 2.45) is 5.41 Å². The van der Waals surface area contributed by atoms with Crippen LogP contribution in [0.4, 0.5) is 0 Å². The summed E-state index contributed by atoms with van der Waals surface area (Å²) < 4.78 is 0. The lowest BCUT2D eigenvalue weighted by molar-refractivity contribution is -0.137. The molecule has 1 N–H and O–H groups in total. The van der Waals surface area contributed by atoms with Gasteiger partial charge >= 0.3 is 0 Å². The maximum atomic E-state index is 12.2. The molecule has 0 radical (unpaired) electrons. The molecule has 1 aromatic rings. The van der Waals surface area contributed by atoms with Gasteiger partial charge in [0.15, 0.2) is 0 Å². The second-order valence-electron chi connectivity index (χ2n) is 7.52. The van der Waals surface area contributed by atoms with E-state index in [9.17, 15) is 9.59 Å². The number of hydrogen-bond acceptors (Lipinski definition) is 3. The van der Waals surface area contributed by atoms with E-state index in [1.54, 1.807) is 6.92 Å². The minimum absolute atomic E-state index is 0.131. The monoisotopic (exact) mass is 331 g/mol. The van der Waals surface area contributed by atoms with E-state index in [0.717, 1.165) is 31.5 Å². The second-order valence-corrected chi connectivity index (χ2v) is 7.52. The Morgan fingerprint density at radius 2 is 2.17 bits per heavy atom. The third-order valence-corrected chi connectivity index (χ3v) is 4.72. The zero-order valence-corrected chi connectivity index (χ0v) is 15.3. The van der Waals surface area contributed by atoms with Gasteiger partial charge in [-0.15, -0.1) is 0 Å². The van der Waals surface area contributed by atoms with Crippen LogP contribution in [0, 0.1) is 12.3 Å². The Hall–Kier alpha value is -1.91. The van der Waals surface area contributed by atoms with E-state index < -0.39 is 0 Å². The highest BCUT2D eigenvalue weighted by molar-refractivity contribution is 5.77. The number of nitrogens with one attached hydrogen (secondary N) is 1. The SMILES string of the molecule is CC(C)=CCC[C@]1(C)CCC(=O)N(CCc2cc(=O)[nH]c(C)n2)C1. The minimum Gasteiger partial charge on any atom is -0.342 e. The zero-order chi connectivity index (χ0) is 17.7. The van der Waals surface area contributed by atoms with Crippen LogP contribution in [0.1, 0.15) is 58.0 Å². The summed E-state index contributed by atoms with van der Waals surface area (Å²) in [6, 6.07) is 1.52. The highest BCUT2D eigenvalue weighted by Crippen LogP contribution is 2.34. The largest absolute Gasteiger partial charge is 0.342 e. The molecule has 132 valence electrons. The molecule has 5 nitrogen and oxygen atoms in total. The molecular formula is C19H29N3O2. The predicted octanol–water partition coefficient (Wildman–Crippen LogP) is 3.00. The van der Waals surface area contributed by atoms with Crippen LogP contribution in [0.2, 0.25) is 0 Å². The molecule has 0 saturated carbocycles. The third kappa shape index (κ3) is 5.32. The van der Waals surface area contributed by atoms with Crippen LogP contribution < -0.4 is 5.56 Å². The van der Waals surface area contributed by atoms with Crippen molar-refractivity contribution in [2.75, 3.05) is 13.1 Å². The first-order valence-corrected chi connectivity index (χ1v) is 8.75. The Morgan fingerprint density at radius 3 is 2.83 bits per heavy atom. The van der Waals surface area contributed by atoms with Crippen molar-refractivity contribution in [1.29, 1.82) is 0 Å². The average Bonchev–Trinajstić information content (AvgIpc) is 2.47. The molecule has 1 aliphatic rings. The van der Waals surface area contributed by atoms with Crippen LogP contribution >= 0.6 is 0 Å². The van der Waals surface area contributed by atoms with Crippen molar-refractivity contribution in [3.63, 3.8) is 0 Å². The van der Waals surface area contributed by atoms with E-state index in [-0.39, 0.29) is 16.9 Å². The number of rotatable bonds is 6. The molecule has 1 aliphatic heterocycles. The van der Waals surface area contributed by atoms with Crippen LogP contribution in [0.25, 0.3) is 0 Å². The van der Waals surface area contributed by atoms with Gasteiger partial charge in [0.1, 0.15) is 5.82 Å². The number of nitrogens with zero attached hydrogens (tertiary/aromatic N) is 2. The highest BCUT2D eigenvalue weighted by Gasteiger charge is 2.34. The molecular weight excluding hydrogens is 302 g/mol. The summed E-state index contributed by atoms with van der Waals surface area (Å²) in [4.78, 5) is 32.7. The molecule has 5 heteroatoms. The number of carbonyl (C=O) groups is 1. The fourth-order valence-electron chi connectivity index (χ4n) is 3.33. The Labute approximate surface area is 144 Å². The number of hydrogen-bond donors (Lipinski definition) is 1. The number of aromatic nitrogens is 2. The molecule has 0 aliphatic carbocycles. The molecule has 0 spiro atoms. The van der Waals surface area contributed by atoms with E-state index in [2.05, 4.69) is 36.8 Å². The first-order valence-electron chi connectivity index (χ1n) is 8.75. The molecule has 1 fully saturated rings. The maximum Gasteiger partial charge on any atom is 0.251 e. The second kappa shape index (κ2) is 7.77. The molecule has 0 aromatic carbocycles. The van der Waals surface area contributed by atoms with Gasteiger partial charge < -0.3 is 9.88 Å². The van der Waals surface area contributed by atoms with Gasteiger partial charge in [-0.2, -0.15) is 0 Å². The minimum atomic E-state index is -0.131. The summed E-state index contributed by atoms with van der Waals surface area (Å²) in [6.45, 7) is 9.72. The van der Waals surface area contributed by atoms with Crippen LogP contribution in [-0.2, 0) is 11.2 Å². The summed E-state index contributed by atoms with van der Waals surface area (Å²) in [5.41, 5.74) is 2.14. The van der Waals surface area contributed by atoms with Gasteiger partial charge in [0.25, 0.3) is 5.56 Å². The summed E-state index contributed by atoms with van der Waals surface area (Å²) in [5.74, 6) is 0.838. The number of amides is 1. The van der Waals surface area contributed by atoms with E-state index in [1.807, 2.05) is 4.90 Å². The van der Waals surface area contributed by atoms with Gasteiger partial charge in [0.05, 0.1) is 0 Å². The maximum absolute atomic E-state index is 12.2. The third-order valence-electron chi connectivity index (χ3n) is 4.72. The van der Waals surface area contributed by atoms with Gasteiger partial charge in [-0.1, -0.05) is 18.6 Å². The Bertz CT molecular complexity index is 673. The number of carbonyl (C=O) groups excluding carboxylic acids is 1. The zero-order valence-electron chi connectivity index (χ0n) is 15.3. The molecule has 0 unspecified atom stereocenters. The number of aryl methyl sites for hydroxylation is 1. The molecule has 1 amide bonds. The summed E-state index contributed by atoms with van der Waals surface area (Å²) in [5, 5.41) is 0. The normalized spacial score (nSPS) is 21.0. The lowest BCUT2D eigenvalue weighted by atomic mass is 9.77. The van der Waals surface area contributed by atoms with Crippen molar-refractivity contribution >= 4 is 5.91 Å². The van der Waals surface area contributed by atoms with E-state index in [0.29, 0.717) is 25.2 Å². The Kier molecular flexibility index (Phi) is 5.97. The molecule has 2 rings (SSSR count). The molecule has 2 heterocycles. The van der Waals surface area contributed by atoms with Crippen LogP contribution in [0.3, 0.4) is 0 Å². The van der Waals surface area contributed by atoms with Gasteiger partial charge in [-0.05, 0) is 45.4 Å². The fourth-order valence-corrected chi connectivity index (χ4v) is 3.33. The van der Waals surface area contributed by atoms with Gasteiger partial charge in [-0.3, -0.25) is 9.59 Å². The van der Waals surface area contributed by atoms with Crippen molar-refractivity contribution in [1.82, 2.24) is 14.9 Å². The molecule has 24 heavy (non-hydrogen) atoms. The number of likely N-dealkylation sites (tertiary alicyclic amines) is 1. The number of piperidine rings is 1. The standard InChI is InChI=1S/C19H29N3O2/c1-14(2)6-5-9-19(4)10-7-18(24)22(13-19)11-8-16-12-17(23)21-15(3)20-16/h6,12H,5,7-11,13H2,1-4H3,(H,20,21,23)/t19-/m1/s1. The van der Waals surface area contributed by atoms with Crippen molar-refractivity contribution in [3.05, 3.63) is 39.6 Å². The number of aromatic amines is 1. The van der Waals surface area contributed by atoms with Gasteiger partial charge in [0, 0.05) is 37.7 Å². The first kappa shape index (κ1) is 18.4. The topological polar surface area (TPSA) is 66.1 Å². The van der Waals surface area contributed by atoms with Crippen molar-refractivity contribution < 1.29 is 4.79 Å². The molecule has 1 aromatic heterocycles. The summed E-state index contributed by atoms with van der Waals surface area (Å²) in [6.07, 6.45) is 6.64. The Balaban J connectivity index is 1.96. The van der Waals surface area contributed by atoms with Crippen molar-refractivity contribution in [2.45, 2.75) is 59.8 Å².